The van der Waals surface area contributed by atoms with Crippen LogP contribution in [0.5, 0.6) is 11.5 Å². The molecule has 0 spiro atoms. The SMILES string of the molecule is C1=CCc2c(c(OCCc3ccccc3)c3ccccc3c2OCCc2ccccc2)C1. The minimum Gasteiger partial charge on any atom is -0.492 e. The van der Waals surface area contributed by atoms with Crippen molar-refractivity contribution in [2.24, 2.45) is 0 Å². The van der Waals surface area contributed by atoms with Gasteiger partial charge in [-0.1, -0.05) is 97.1 Å². The van der Waals surface area contributed by atoms with Crippen molar-refractivity contribution in [1.29, 1.82) is 0 Å². The standard InChI is InChI=1S/C30H28O2/c1-3-11-23(12-4-1)19-21-31-29-25-15-7-9-17-27(25)30(28-18-10-8-16-26(28)29)32-22-20-24-13-5-2-6-14-24/h1-15,17H,16,18-22H2. The summed E-state index contributed by atoms with van der Waals surface area (Å²) in [6.07, 6.45) is 8.06. The van der Waals surface area contributed by atoms with Gasteiger partial charge in [-0.05, 0) is 24.0 Å². The Morgan fingerprint density at radius 3 is 1.34 bits per heavy atom. The summed E-state index contributed by atoms with van der Waals surface area (Å²) in [5, 5.41) is 2.29. The average Bonchev–Trinajstić information content (AvgIpc) is 2.86. The first-order chi connectivity index (χ1) is 15.9. The van der Waals surface area contributed by atoms with Crippen LogP contribution in [0.2, 0.25) is 0 Å². The second-order valence-corrected chi connectivity index (χ2v) is 8.21. The van der Waals surface area contributed by atoms with E-state index >= 15 is 0 Å². The zero-order valence-corrected chi connectivity index (χ0v) is 18.3. The van der Waals surface area contributed by atoms with Crippen LogP contribution in [0.25, 0.3) is 10.8 Å². The largest absolute Gasteiger partial charge is 0.492 e. The molecule has 0 heterocycles. The predicted octanol–water partition coefficient (Wildman–Crippen LogP) is 6.74. The van der Waals surface area contributed by atoms with E-state index in [1.165, 1.54) is 22.3 Å². The lowest BCUT2D eigenvalue weighted by Crippen LogP contribution is -2.11. The monoisotopic (exact) mass is 420 g/mol. The summed E-state index contributed by atoms with van der Waals surface area (Å²) in [6, 6.07) is 29.6. The number of fused-ring (bicyclic) bond motifs is 2. The first-order valence-corrected chi connectivity index (χ1v) is 11.4. The molecule has 0 saturated heterocycles. The molecule has 4 aromatic carbocycles. The minimum atomic E-state index is 0.665. The molecule has 0 saturated carbocycles. The van der Waals surface area contributed by atoms with Crippen LogP contribution in [0.15, 0.2) is 97.1 Å². The summed E-state index contributed by atoms with van der Waals surface area (Å²) in [7, 11) is 0. The Labute approximate surface area is 190 Å². The molecule has 0 N–H and O–H groups in total. The Hall–Kier alpha value is -3.52. The van der Waals surface area contributed by atoms with E-state index in [4.69, 9.17) is 9.47 Å². The molecule has 4 aromatic rings. The van der Waals surface area contributed by atoms with Crippen LogP contribution in [-0.2, 0) is 25.7 Å². The number of rotatable bonds is 8. The van der Waals surface area contributed by atoms with Gasteiger partial charge in [0.25, 0.3) is 0 Å². The molecule has 2 heteroatoms. The van der Waals surface area contributed by atoms with Gasteiger partial charge in [-0.2, -0.15) is 0 Å². The lowest BCUT2D eigenvalue weighted by atomic mass is 9.90. The summed E-state index contributed by atoms with van der Waals surface area (Å²) in [5.41, 5.74) is 5.14. The van der Waals surface area contributed by atoms with Crippen LogP contribution in [0.3, 0.4) is 0 Å². The Morgan fingerprint density at radius 1 is 0.500 bits per heavy atom. The minimum absolute atomic E-state index is 0.665. The average molecular weight is 421 g/mol. The molecule has 2 nitrogen and oxygen atoms in total. The Bertz CT molecular complexity index is 1110. The predicted molar refractivity (Wildman–Crippen MR) is 132 cm³/mol. The highest BCUT2D eigenvalue weighted by molar-refractivity contribution is 5.96. The lowest BCUT2D eigenvalue weighted by molar-refractivity contribution is 0.313. The molecule has 0 amide bonds. The third-order valence-corrected chi connectivity index (χ3v) is 6.10. The van der Waals surface area contributed by atoms with Gasteiger partial charge in [0.15, 0.2) is 0 Å². The van der Waals surface area contributed by atoms with E-state index < -0.39 is 0 Å². The smallest absolute Gasteiger partial charge is 0.131 e. The molecule has 0 atom stereocenters. The van der Waals surface area contributed by atoms with Crippen molar-refractivity contribution in [3.8, 4) is 11.5 Å². The number of ether oxygens (including phenoxy) is 2. The van der Waals surface area contributed by atoms with Gasteiger partial charge in [0.1, 0.15) is 11.5 Å². The molecule has 0 radical (unpaired) electrons. The van der Waals surface area contributed by atoms with Crippen LogP contribution in [0.4, 0.5) is 0 Å². The van der Waals surface area contributed by atoms with E-state index in [2.05, 4.69) is 97.1 Å². The van der Waals surface area contributed by atoms with Gasteiger partial charge >= 0.3 is 0 Å². The Morgan fingerprint density at radius 2 is 0.906 bits per heavy atom. The highest BCUT2D eigenvalue weighted by atomic mass is 16.5. The van der Waals surface area contributed by atoms with Crippen molar-refractivity contribution in [2.75, 3.05) is 13.2 Å². The van der Waals surface area contributed by atoms with E-state index in [0.29, 0.717) is 13.2 Å². The molecule has 1 aliphatic rings. The first kappa shape index (κ1) is 20.4. The van der Waals surface area contributed by atoms with Gasteiger partial charge in [-0.15, -0.1) is 0 Å². The van der Waals surface area contributed by atoms with Crippen molar-refractivity contribution in [3.05, 3.63) is 119 Å². The van der Waals surface area contributed by atoms with Crippen LogP contribution < -0.4 is 9.47 Å². The molecule has 0 aliphatic heterocycles. The molecular weight excluding hydrogens is 392 g/mol. The van der Waals surface area contributed by atoms with E-state index in [1.807, 2.05) is 0 Å². The van der Waals surface area contributed by atoms with Gasteiger partial charge < -0.3 is 9.47 Å². The maximum atomic E-state index is 6.46. The van der Waals surface area contributed by atoms with Crippen molar-refractivity contribution in [2.45, 2.75) is 25.7 Å². The number of hydrogen-bond acceptors (Lipinski definition) is 2. The van der Waals surface area contributed by atoms with Crippen LogP contribution in [0, 0.1) is 0 Å². The summed E-state index contributed by atoms with van der Waals surface area (Å²) in [6.45, 7) is 1.33. The maximum Gasteiger partial charge on any atom is 0.131 e. The Balaban J connectivity index is 1.44. The van der Waals surface area contributed by atoms with Crippen LogP contribution >= 0.6 is 0 Å². The lowest BCUT2D eigenvalue weighted by Gasteiger charge is -2.23. The first-order valence-electron chi connectivity index (χ1n) is 11.4. The quantitative estimate of drug-likeness (QED) is 0.294. The molecule has 1 aliphatic carbocycles. The number of hydrogen-bond donors (Lipinski definition) is 0. The third-order valence-electron chi connectivity index (χ3n) is 6.10. The fourth-order valence-electron chi connectivity index (χ4n) is 4.47. The zero-order chi connectivity index (χ0) is 21.6. The van der Waals surface area contributed by atoms with Gasteiger partial charge in [0, 0.05) is 34.7 Å². The molecule has 32 heavy (non-hydrogen) atoms. The van der Waals surface area contributed by atoms with Crippen molar-refractivity contribution in [3.63, 3.8) is 0 Å². The van der Waals surface area contributed by atoms with Gasteiger partial charge in [-0.25, -0.2) is 0 Å². The van der Waals surface area contributed by atoms with E-state index in [9.17, 15) is 0 Å². The molecule has 0 fully saturated rings. The third kappa shape index (κ3) is 4.40. The van der Waals surface area contributed by atoms with Crippen molar-refractivity contribution >= 4 is 10.8 Å². The molecule has 0 unspecified atom stereocenters. The van der Waals surface area contributed by atoms with Crippen molar-refractivity contribution in [1.82, 2.24) is 0 Å². The fourth-order valence-corrected chi connectivity index (χ4v) is 4.47. The van der Waals surface area contributed by atoms with E-state index in [-0.39, 0.29) is 0 Å². The summed E-state index contributed by atoms with van der Waals surface area (Å²) in [5.74, 6) is 2.04. The Kier molecular flexibility index (Phi) is 6.20. The van der Waals surface area contributed by atoms with Gasteiger partial charge in [0.05, 0.1) is 13.2 Å². The number of allylic oxidation sites excluding steroid dienone is 2. The number of benzene rings is 4. The summed E-state index contributed by atoms with van der Waals surface area (Å²) >= 11 is 0. The van der Waals surface area contributed by atoms with Crippen molar-refractivity contribution < 1.29 is 9.47 Å². The van der Waals surface area contributed by atoms with E-state index in [0.717, 1.165) is 48.0 Å². The maximum absolute atomic E-state index is 6.46. The fraction of sp³-hybridized carbons (Fsp3) is 0.200. The van der Waals surface area contributed by atoms with Crippen LogP contribution in [0.1, 0.15) is 22.3 Å². The molecule has 5 rings (SSSR count). The summed E-state index contributed by atoms with van der Waals surface area (Å²) in [4.78, 5) is 0. The topological polar surface area (TPSA) is 18.5 Å². The van der Waals surface area contributed by atoms with Crippen LogP contribution in [-0.4, -0.2) is 13.2 Å². The zero-order valence-electron chi connectivity index (χ0n) is 18.3. The molecule has 160 valence electrons. The second-order valence-electron chi connectivity index (χ2n) is 8.21. The van der Waals surface area contributed by atoms with Gasteiger partial charge in [-0.3, -0.25) is 0 Å². The molecule has 0 aromatic heterocycles. The summed E-state index contributed by atoms with van der Waals surface area (Å²) < 4.78 is 12.9. The highest BCUT2D eigenvalue weighted by Gasteiger charge is 2.22. The molecular formula is C30H28O2. The normalized spacial score (nSPS) is 12.5. The molecule has 0 bridgehead atoms. The van der Waals surface area contributed by atoms with E-state index in [1.54, 1.807) is 0 Å². The van der Waals surface area contributed by atoms with Gasteiger partial charge in [0.2, 0.25) is 0 Å². The second kappa shape index (κ2) is 9.74. The highest BCUT2D eigenvalue weighted by Crippen LogP contribution is 2.43.